The van der Waals surface area contributed by atoms with E-state index in [1.54, 1.807) is 4.90 Å². The quantitative estimate of drug-likeness (QED) is 0.0683. The number of thiocarbonyl (C=S) groups is 1. The molecule has 2 heterocycles. The molecular weight excluding hydrogens is 627 g/mol. The third-order valence-electron chi connectivity index (χ3n) is 8.10. The third kappa shape index (κ3) is 9.89. The lowest BCUT2D eigenvalue weighted by molar-refractivity contribution is -0.137. The van der Waals surface area contributed by atoms with Crippen molar-refractivity contribution in [2.75, 3.05) is 6.54 Å². The van der Waals surface area contributed by atoms with E-state index in [9.17, 15) is 9.59 Å². The molecule has 3 aromatic carbocycles. The molecule has 244 valence electrons. The second-order valence-electron chi connectivity index (χ2n) is 11.8. The Morgan fingerprint density at radius 3 is 2.23 bits per heavy atom. The number of aromatic nitrogens is 2. The molecule has 4 aromatic rings. The molecule has 0 bridgehead atoms. The van der Waals surface area contributed by atoms with E-state index in [2.05, 4.69) is 31.2 Å². The smallest absolute Gasteiger partial charge is 0.303 e. The molecule has 1 fully saturated rings. The number of hydrogen-bond donors (Lipinski definition) is 1. The number of carboxylic acids is 1. The molecule has 5 rings (SSSR count). The fourth-order valence-electron chi connectivity index (χ4n) is 5.43. The second kappa shape index (κ2) is 17.1. The number of carboxylic acid groups (broad SMARTS) is 1. The van der Waals surface area contributed by atoms with Gasteiger partial charge in [0.25, 0.3) is 5.91 Å². The highest BCUT2D eigenvalue weighted by Gasteiger charge is 2.32. The Morgan fingerprint density at radius 1 is 0.894 bits per heavy atom. The van der Waals surface area contributed by atoms with Crippen molar-refractivity contribution < 1.29 is 19.4 Å². The van der Waals surface area contributed by atoms with Gasteiger partial charge in [0, 0.05) is 30.3 Å². The molecule has 1 aromatic heterocycles. The SMILES string of the molecule is Cc1ccc(COc2ccc(-c3nn(-c4ccccc4)cc3/C=C3\SC(=S)N(CCCCCCCCCCC(=O)O)C3=O)cc2)cc1. The summed E-state index contributed by atoms with van der Waals surface area (Å²) in [7, 11) is 0. The highest BCUT2D eigenvalue weighted by Crippen LogP contribution is 2.35. The number of rotatable bonds is 17. The summed E-state index contributed by atoms with van der Waals surface area (Å²) >= 11 is 6.97. The molecule has 1 aliphatic rings. The predicted octanol–water partition coefficient (Wildman–Crippen LogP) is 9.22. The van der Waals surface area contributed by atoms with Crippen LogP contribution in [0.1, 0.15) is 74.5 Å². The van der Waals surface area contributed by atoms with E-state index in [1.165, 1.54) is 17.3 Å². The van der Waals surface area contributed by atoms with E-state index in [1.807, 2.05) is 71.6 Å². The zero-order valence-corrected chi connectivity index (χ0v) is 28.4. The van der Waals surface area contributed by atoms with Gasteiger partial charge in [0.1, 0.15) is 16.7 Å². The van der Waals surface area contributed by atoms with Crippen LogP contribution >= 0.6 is 24.0 Å². The maximum Gasteiger partial charge on any atom is 0.303 e. The van der Waals surface area contributed by atoms with Crippen LogP contribution < -0.4 is 4.74 Å². The summed E-state index contributed by atoms with van der Waals surface area (Å²) in [6, 6.07) is 26.2. The van der Waals surface area contributed by atoms with Crippen LogP contribution in [0.5, 0.6) is 5.75 Å². The molecule has 0 aliphatic carbocycles. The average molecular weight is 668 g/mol. The summed E-state index contributed by atoms with van der Waals surface area (Å²) in [5.74, 6) is -0.00417. The second-order valence-corrected chi connectivity index (χ2v) is 13.5. The van der Waals surface area contributed by atoms with Gasteiger partial charge in [0.15, 0.2) is 0 Å². The lowest BCUT2D eigenvalue weighted by atomic mass is 10.1. The van der Waals surface area contributed by atoms with Crippen molar-refractivity contribution in [2.24, 2.45) is 0 Å². The van der Waals surface area contributed by atoms with E-state index < -0.39 is 5.97 Å². The van der Waals surface area contributed by atoms with Crippen LogP contribution in [0, 0.1) is 6.92 Å². The fraction of sp³-hybridized carbons (Fsp3) is 0.316. The first-order chi connectivity index (χ1) is 22.9. The first kappa shape index (κ1) is 34.1. The standard InChI is InChI=1S/C38H41N3O4S2/c1-28-16-18-29(19-17-28)27-45-33-22-20-30(21-23-33)36-31(26-41(39-36)32-13-9-8-10-14-32)25-34-37(44)40(38(46)47-34)24-12-7-5-3-2-4-6-11-15-35(42)43/h8-10,13-14,16-23,25-26H,2-7,11-12,15,24,27H2,1H3,(H,42,43)/b34-25-. The topological polar surface area (TPSA) is 84.7 Å². The van der Waals surface area contributed by atoms with E-state index in [4.69, 9.17) is 27.2 Å². The number of nitrogens with zero attached hydrogens (tertiary/aromatic N) is 3. The van der Waals surface area contributed by atoms with Gasteiger partial charge in [-0.2, -0.15) is 5.10 Å². The van der Waals surface area contributed by atoms with Gasteiger partial charge >= 0.3 is 5.97 Å². The Balaban J connectivity index is 1.22. The Hall–Kier alpha value is -4.21. The van der Waals surface area contributed by atoms with E-state index >= 15 is 0 Å². The minimum atomic E-state index is -0.719. The first-order valence-corrected chi connectivity index (χ1v) is 17.5. The molecule has 0 unspecified atom stereocenters. The number of aliphatic carboxylic acids is 1. The minimum Gasteiger partial charge on any atom is -0.489 e. The van der Waals surface area contributed by atoms with Gasteiger partial charge in [-0.3, -0.25) is 14.5 Å². The molecule has 0 spiro atoms. The zero-order chi connectivity index (χ0) is 33.0. The van der Waals surface area contributed by atoms with E-state index in [0.29, 0.717) is 22.4 Å². The van der Waals surface area contributed by atoms with Crippen molar-refractivity contribution in [2.45, 2.75) is 71.3 Å². The van der Waals surface area contributed by atoms with Crippen LogP contribution in [0.4, 0.5) is 0 Å². The predicted molar refractivity (Wildman–Crippen MR) is 194 cm³/mol. The normalized spacial score (nSPS) is 13.9. The van der Waals surface area contributed by atoms with Gasteiger partial charge in [0.05, 0.1) is 16.3 Å². The van der Waals surface area contributed by atoms with Gasteiger partial charge < -0.3 is 9.84 Å². The number of carbonyl (C=O) groups excluding carboxylic acids is 1. The molecule has 1 aliphatic heterocycles. The highest BCUT2D eigenvalue weighted by atomic mass is 32.2. The molecule has 1 saturated heterocycles. The number of amides is 1. The van der Waals surface area contributed by atoms with Gasteiger partial charge in [-0.05, 0) is 67.8 Å². The minimum absolute atomic E-state index is 0.0586. The molecule has 0 atom stereocenters. The van der Waals surface area contributed by atoms with E-state index in [-0.39, 0.29) is 12.3 Å². The number of benzene rings is 3. The summed E-state index contributed by atoms with van der Waals surface area (Å²) in [5, 5.41) is 13.7. The maximum atomic E-state index is 13.5. The Morgan fingerprint density at radius 2 is 1.55 bits per heavy atom. The summed E-state index contributed by atoms with van der Waals surface area (Å²) in [6.07, 6.45) is 12.2. The third-order valence-corrected chi connectivity index (χ3v) is 9.48. The van der Waals surface area contributed by atoms with Crippen molar-refractivity contribution in [1.82, 2.24) is 14.7 Å². The Labute approximate surface area is 286 Å². The molecule has 7 nitrogen and oxygen atoms in total. The molecule has 9 heteroatoms. The van der Waals surface area contributed by atoms with Gasteiger partial charge in [-0.25, -0.2) is 4.68 Å². The highest BCUT2D eigenvalue weighted by molar-refractivity contribution is 8.26. The monoisotopic (exact) mass is 667 g/mol. The van der Waals surface area contributed by atoms with Crippen LogP contribution in [0.2, 0.25) is 0 Å². The summed E-state index contributed by atoms with van der Waals surface area (Å²) < 4.78 is 8.46. The molecular formula is C38H41N3O4S2. The van der Waals surface area contributed by atoms with Crippen molar-refractivity contribution in [3.63, 3.8) is 0 Å². The number of hydrogen-bond acceptors (Lipinski definition) is 6. The largest absolute Gasteiger partial charge is 0.489 e. The number of unbranched alkanes of at least 4 members (excludes halogenated alkanes) is 7. The van der Waals surface area contributed by atoms with Crippen LogP contribution in [-0.4, -0.2) is 42.5 Å². The lowest BCUT2D eigenvalue weighted by Gasteiger charge is -2.14. The number of ether oxygens (including phenoxy) is 1. The number of aryl methyl sites for hydroxylation is 1. The zero-order valence-electron chi connectivity index (χ0n) is 26.8. The summed E-state index contributed by atoms with van der Waals surface area (Å²) in [4.78, 5) is 26.4. The summed E-state index contributed by atoms with van der Waals surface area (Å²) in [6.45, 7) is 3.17. The molecule has 0 saturated carbocycles. The fourth-order valence-corrected chi connectivity index (χ4v) is 6.73. The molecule has 1 amide bonds. The first-order valence-electron chi connectivity index (χ1n) is 16.3. The molecule has 47 heavy (non-hydrogen) atoms. The maximum absolute atomic E-state index is 13.5. The van der Waals surface area contributed by atoms with Gasteiger partial charge in [0.2, 0.25) is 0 Å². The van der Waals surface area contributed by atoms with Crippen LogP contribution in [-0.2, 0) is 16.2 Å². The van der Waals surface area contributed by atoms with E-state index in [0.717, 1.165) is 85.2 Å². The number of thioether (sulfide) groups is 1. The van der Waals surface area contributed by atoms with Gasteiger partial charge in [-0.1, -0.05) is 111 Å². The Kier molecular flexibility index (Phi) is 12.4. The van der Waals surface area contributed by atoms with Crippen molar-refractivity contribution in [1.29, 1.82) is 0 Å². The molecule has 0 radical (unpaired) electrons. The van der Waals surface area contributed by atoms with Crippen molar-refractivity contribution >= 4 is 46.3 Å². The van der Waals surface area contributed by atoms with Crippen LogP contribution in [0.15, 0.2) is 90.0 Å². The number of para-hydroxylation sites is 1. The Bertz CT molecular complexity index is 1680. The summed E-state index contributed by atoms with van der Waals surface area (Å²) in [5.41, 5.74) is 5.79. The van der Waals surface area contributed by atoms with Crippen molar-refractivity contribution in [3.05, 3.63) is 107 Å². The van der Waals surface area contributed by atoms with Gasteiger partial charge in [-0.15, -0.1) is 0 Å². The average Bonchev–Trinajstić information content (AvgIpc) is 3.62. The lowest BCUT2D eigenvalue weighted by Crippen LogP contribution is -2.29. The van der Waals surface area contributed by atoms with Crippen molar-refractivity contribution in [3.8, 4) is 22.7 Å². The number of carbonyl (C=O) groups is 2. The molecule has 1 N–H and O–H groups in total. The van der Waals surface area contributed by atoms with Crippen LogP contribution in [0.25, 0.3) is 23.0 Å². The van der Waals surface area contributed by atoms with Crippen LogP contribution in [0.3, 0.4) is 0 Å².